The number of aromatic amines is 1. The van der Waals surface area contributed by atoms with Gasteiger partial charge in [-0.3, -0.25) is 14.4 Å². The molecule has 1 aromatic heterocycles. The van der Waals surface area contributed by atoms with Crippen LogP contribution in [0.1, 0.15) is 36.0 Å². The van der Waals surface area contributed by atoms with Crippen LogP contribution < -0.4 is 10.9 Å². The van der Waals surface area contributed by atoms with Crippen molar-refractivity contribution in [2.75, 3.05) is 45.9 Å². The van der Waals surface area contributed by atoms with Crippen molar-refractivity contribution < 1.29 is 14.3 Å². The second-order valence-corrected chi connectivity index (χ2v) is 8.57. The summed E-state index contributed by atoms with van der Waals surface area (Å²) in [6.07, 6.45) is 6.25. The molecule has 1 aliphatic carbocycles. The van der Waals surface area contributed by atoms with E-state index < -0.39 is 0 Å². The Balaban J connectivity index is 1.21. The smallest absolute Gasteiger partial charge is 0.252 e. The van der Waals surface area contributed by atoms with Crippen LogP contribution in [0.2, 0.25) is 0 Å². The molecule has 3 heterocycles. The Hall–Kier alpha value is -2.19. The van der Waals surface area contributed by atoms with Crippen LogP contribution >= 0.6 is 0 Å². The molecule has 1 atom stereocenters. The summed E-state index contributed by atoms with van der Waals surface area (Å²) in [5.74, 6) is 1.24. The first-order valence-corrected chi connectivity index (χ1v) is 10.7. The number of morpholine rings is 1. The van der Waals surface area contributed by atoms with Crippen LogP contribution in [0, 0.1) is 11.8 Å². The first kappa shape index (κ1) is 20.1. The first-order chi connectivity index (χ1) is 14.1. The number of likely N-dealkylation sites (tertiary alicyclic amines) is 1. The van der Waals surface area contributed by atoms with Gasteiger partial charge in [0.2, 0.25) is 11.5 Å². The van der Waals surface area contributed by atoms with Crippen LogP contribution in [0.5, 0.6) is 0 Å². The summed E-state index contributed by atoms with van der Waals surface area (Å²) < 4.78 is 5.61. The molecule has 2 N–H and O–H groups in total. The number of nitrogens with zero attached hydrogens (tertiary/aromatic N) is 2. The number of pyridine rings is 1. The van der Waals surface area contributed by atoms with Crippen LogP contribution in [0.25, 0.3) is 0 Å². The van der Waals surface area contributed by atoms with Crippen LogP contribution in [0.15, 0.2) is 23.1 Å². The molecule has 2 aliphatic heterocycles. The monoisotopic (exact) mass is 402 g/mol. The van der Waals surface area contributed by atoms with Crippen LogP contribution in [-0.4, -0.2) is 78.6 Å². The van der Waals surface area contributed by atoms with Crippen molar-refractivity contribution in [3.05, 3.63) is 34.2 Å². The van der Waals surface area contributed by atoms with Crippen LogP contribution in [0.4, 0.5) is 0 Å². The largest absolute Gasteiger partial charge is 0.365 e. The lowest BCUT2D eigenvalue weighted by atomic mass is 9.95. The van der Waals surface area contributed by atoms with E-state index in [1.54, 1.807) is 0 Å². The average Bonchev–Trinajstić information content (AvgIpc) is 3.54. The number of H-pyrrole nitrogens is 1. The Bertz CT molecular complexity index is 763. The third kappa shape index (κ3) is 5.67. The zero-order valence-corrected chi connectivity index (χ0v) is 16.8. The summed E-state index contributed by atoms with van der Waals surface area (Å²) in [6, 6.07) is 2.81. The van der Waals surface area contributed by atoms with Gasteiger partial charge < -0.3 is 24.8 Å². The van der Waals surface area contributed by atoms with Gasteiger partial charge in [0.05, 0.1) is 11.7 Å². The summed E-state index contributed by atoms with van der Waals surface area (Å²) in [4.78, 5) is 42.6. The zero-order valence-electron chi connectivity index (χ0n) is 16.8. The lowest BCUT2D eigenvalue weighted by molar-refractivity contribution is -0.149. The second-order valence-electron chi connectivity index (χ2n) is 8.57. The fourth-order valence-electron chi connectivity index (χ4n) is 4.17. The molecule has 3 fully saturated rings. The topological polar surface area (TPSA) is 94.7 Å². The molecule has 8 heteroatoms. The second kappa shape index (κ2) is 9.09. The standard InChI is InChI=1S/C21H30N4O4/c26-19-4-3-17(9-22-19)21(28)23-10-18-13-25(20(27)14-29-18)12-16-5-7-24(8-6-16)11-15-1-2-15/h3-4,9,15-16,18H,1-2,5-8,10-14H2,(H,22,26)(H,23,28). The quantitative estimate of drug-likeness (QED) is 0.691. The minimum atomic E-state index is -0.267. The summed E-state index contributed by atoms with van der Waals surface area (Å²) in [5, 5.41) is 2.83. The van der Waals surface area contributed by atoms with Crippen molar-refractivity contribution in [1.82, 2.24) is 20.1 Å². The Labute approximate surface area is 170 Å². The van der Waals surface area contributed by atoms with Crippen molar-refractivity contribution >= 4 is 11.8 Å². The van der Waals surface area contributed by atoms with E-state index in [1.807, 2.05) is 4.90 Å². The number of rotatable bonds is 7. The maximum atomic E-state index is 12.3. The van der Waals surface area contributed by atoms with Gasteiger partial charge in [0.1, 0.15) is 6.61 Å². The van der Waals surface area contributed by atoms with Gasteiger partial charge >= 0.3 is 0 Å². The zero-order chi connectivity index (χ0) is 20.2. The Morgan fingerprint density at radius 2 is 1.86 bits per heavy atom. The molecule has 1 saturated carbocycles. The van der Waals surface area contributed by atoms with E-state index in [9.17, 15) is 14.4 Å². The number of hydrogen-bond acceptors (Lipinski definition) is 5. The number of nitrogens with one attached hydrogen (secondary N) is 2. The third-order valence-electron chi connectivity index (χ3n) is 6.15. The highest BCUT2D eigenvalue weighted by Crippen LogP contribution is 2.31. The van der Waals surface area contributed by atoms with Crippen LogP contribution in [0.3, 0.4) is 0 Å². The van der Waals surface area contributed by atoms with E-state index in [4.69, 9.17) is 4.74 Å². The molecule has 158 valence electrons. The fourth-order valence-corrected chi connectivity index (χ4v) is 4.17. The Morgan fingerprint density at radius 1 is 1.10 bits per heavy atom. The van der Waals surface area contributed by atoms with Crippen molar-refractivity contribution in [3.63, 3.8) is 0 Å². The molecule has 0 aromatic carbocycles. The molecule has 1 aromatic rings. The van der Waals surface area contributed by atoms with Gasteiger partial charge in [0, 0.05) is 38.4 Å². The van der Waals surface area contributed by atoms with Gasteiger partial charge in [-0.2, -0.15) is 0 Å². The molecule has 1 unspecified atom stereocenters. The molecular weight excluding hydrogens is 372 g/mol. The van der Waals surface area contributed by atoms with Gasteiger partial charge in [0.25, 0.3) is 5.91 Å². The molecule has 29 heavy (non-hydrogen) atoms. The normalized spacial score (nSPS) is 23.9. The van der Waals surface area contributed by atoms with Gasteiger partial charge in [-0.15, -0.1) is 0 Å². The molecular formula is C21H30N4O4. The Morgan fingerprint density at radius 3 is 2.55 bits per heavy atom. The van der Waals surface area contributed by atoms with E-state index >= 15 is 0 Å². The number of hydrogen-bond donors (Lipinski definition) is 2. The van der Waals surface area contributed by atoms with Crippen molar-refractivity contribution in [3.8, 4) is 0 Å². The lowest BCUT2D eigenvalue weighted by Crippen LogP contribution is -2.52. The fraction of sp³-hybridized carbons (Fsp3) is 0.667. The predicted octanol–water partition coefficient (Wildman–Crippen LogP) is 0.454. The van der Waals surface area contributed by atoms with Gasteiger partial charge in [0.15, 0.2) is 0 Å². The molecule has 0 spiro atoms. The summed E-state index contributed by atoms with van der Waals surface area (Å²) in [7, 11) is 0. The number of carbonyl (C=O) groups excluding carboxylic acids is 2. The number of carbonyl (C=O) groups is 2. The molecule has 8 nitrogen and oxygen atoms in total. The predicted molar refractivity (Wildman–Crippen MR) is 108 cm³/mol. The van der Waals surface area contributed by atoms with E-state index in [2.05, 4.69) is 15.2 Å². The van der Waals surface area contributed by atoms with Crippen molar-refractivity contribution in [2.24, 2.45) is 11.8 Å². The minimum absolute atomic E-state index is 0.0358. The number of amides is 2. The molecule has 0 radical (unpaired) electrons. The van der Waals surface area contributed by atoms with Crippen LogP contribution in [-0.2, 0) is 9.53 Å². The SMILES string of the molecule is O=C(NCC1CN(CC2CCN(CC3CC3)CC2)C(=O)CO1)c1ccc(=O)[nH]c1. The average molecular weight is 402 g/mol. The van der Waals surface area contributed by atoms with E-state index in [0.717, 1.165) is 38.4 Å². The highest BCUT2D eigenvalue weighted by atomic mass is 16.5. The van der Waals surface area contributed by atoms with E-state index in [0.29, 0.717) is 24.6 Å². The molecule has 2 amide bonds. The Kier molecular flexibility index (Phi) is 6.30. The van der Waals surface area contributed by atoms with Crippen molar-refractivity contribution in [1.29, 1.82) is 0 Å². The van der Waals surface area contributed by atoms with E-state index in [1.165, 1.54) is 37.7 Å². The molecule has 0 bridgehead atoms. The van der Waals surface area contributed by atoms with Gasteiger partial charge in [-0.1, -0.05) is 0 Å². The lowest BCUT2D eigenvalue weighted by Gasteiger charge is -2.38. The molecule has 2 saturated heterocycles. The summed E-state index contributed by atoms with van der Waals surface area (Å²) in [6.45, 7) is 5.22. The maximum Gasteiger partial charge on any atom is 0.252 e. The number of piperidine rings is 1. The highest BCUT2D eigenvalue weighted by Gasteiger charge is 2.31. The number of aromatic nitrogens is 1. The maximum absolute atomic E-state index is 12.3. The van der Waals surface area contributed by atoms with Gasteiger partial charge in [-0.25, -0.2) is 0 Å². The number of ether oxygens (including phenoxy) is 1. The van der Waals surface area contributed by atoms with Gasteiger partial charge in [-0.05, 0) is 56.7 Å². The molecule has 3 aliphatic rings. The third-order valence-corrected chi connectivity index (χ3v) is 6.15. The first-order valence-electron chi connectivity index (χ1n) is 10.7. The summed E-state index contributed by atoms with van der Waals surface area (Å²) in [5.41, 5.74) is 0.149. The minimum Gasteiger partial charge on any atom is -0.365 e. The van der Waals surface area contributed by atoms with Crippen molar-refractivity contribution in [2.45, 2.75) is 31.8 Å². The highest BCUT2D eigenvalue weighted by molar-refractivity contribution is 5.93. The molecule has 4 rings (SSSR count). The van der Waals surface area contributed by atoms with E-state index in [-0.39, 0.29) is 30.1 Å². The summed E-state index contributed by atoms with van der Waals surface area (Å²) >= 11 is 0.